The summed E-state index contributed by atoms with van der Waals surface area (Å²) in [4.78, 5) is 20.3. The van der Waals surface area contributed by atoms with Crippen LogP contribution in [0.2, 0.25) is 5.02 Å². The van der Waals surface area contributed by atoms with Gasteiger partial charge >= 0.3 is 0 Å². The smallest absolute Gasteiger partial charge is 0.275 e. The van der Waals surface area contributed by atoms with E-state index in [1.54, 1.807) is 4.31 Å². The van der Waals surface area contributed by atoms with Gasteiger partial charge in [-0.25, -0.2) is 26.8 Å². The molecule has 0 atom stereocenters. The van der Waals surface area contributed by atoms with Gasteiger partial charge in [-0.05, 0) is 49.9 Å². The first-order valence-electron chi connectivity index (χ1n) is 12.2. The van der Waals surface area contributed by atoms with Crippen molar-refractivity contribution in [2.75, 3.05) is 11.6 Å². The maximum Gasteiger partial charge on any atom is 0.275 e. The molecule has 2 fully saturated rings. The first-order valence-corrected chi connectivity index (χ1v) is 16.0. The molecular formula is C24H31ClN4O5S2. The number of amides is 1. The molecule has 0 saturated heterocycles. The van der Waals surface area contributed by atoms with Gasteiger partial charge in [-0.2, -0.15) is 4.31 Å². The number of rotatable bonds is 7. The Morgan fingerprint density at radius 1 is 0.917 bits per heavy atom. The molecule has 0 spiro atoms. The Morgan fingerprint density at radius 3 is 1.94 bits per heavy atom. The molecule has 12 heteroatoms. The summed E-state index contributed by atoms with van der Waals surface area (Å²) in [6.45, 7) is 0. The van der Waals surface area contributed by atoms with Crippen molar-refractivity contribution < 1.29 is 21.6 Å². The van der Waals surface area contributed by atoms with Gasteiger partial charge in [-0.15, -0.1) is 0 Å². The molecule has 0 radical (unpaired) electrons. The zero-order valence-electron chi connectivity index (χ0n) is 20.2. The first kappa shape index (κ1) is 27.0. The number of nitrogens with one attached hydrogen (secondary N) is 1. The Morgan fingerprint density at radius 2 is 1.44 bits per heavy atom. The standard InChI is InChI=1S/C24H31ClN4O5S2/c1-35(31,32)24-26-16-21(25)22(28-24)23(30)27-17-12-14-20(15-13-17)36(33,34)29(18-8-4-2-5-9-18)19-10-6-3-7-11-19/h12-16,18-19H,2-11H2,1H3,(H,27,30). The molecule has 2 saturated carbocycles. The van der Waals surface area contributed by atoms with Crippen molar-refractivity contribution >= 4 is 43.1 Å². The van der Waals surface area contributed by atoms with E-state index in [9.17, 15) is 21.6 Å². The molecule has 1 aromatic carbocycles. The molecule has 1 heterocycles. The van der Waals surface area contributed by atoms with Crippen molar-refractivity contribution in [1.29, 1.82) is 0 Å². The van der Waals surface area contributed by atoms with Crippen LogP contribution in [0.5, 0.6) is 0 Å². The molecule has 0 bridgehead atoms. The van der Waals surface area contributed by atoms with E-state index >= 15 is 0 Å². The van der Waals surface area contributed by atoms with Gasteiger partial charge in [0, 0.05) is 24.0 Å². The minimum atomic E-state index is -3.73. The van der Waals surface area contributed by atoms with E-state index in [4.69, 9.17) is 11.6 Å². The zero-order chi connectivity index (χ0) is 25.9. The summed E-state index contributed by atoms with van der Waals surface area (Å²) in [6, 6.07) is 6.06. The monoisotopic (exact) mass is 554 g/mol. The van der Waals surface area contributed by atoms with Gasteiger partial charge in [-0.3, -0.25) is 4.79 Å². The van der Waals surface area contributed by atoms with Gasteiger partial charge in [0.25, 0.3) is 5.91 Å². The van der Waals surface area contributed by atoms with Crippen LogP contribution in [0.4, 0.5) is 5.69 Å². The predicted octanol–water partition coefficient (Wildman–Crippen LogP) is 4.44. The topological polar surface area (TPSA) is 126 Å². The molecule has 36 heavy (non-hydrogen) atoms. The minimum absolute atomic E-state index is 0.0233. The second-order valence-corrected chi connectivity index (χ2v) is 13.7. The summed E-state index contributed by atoms with van der Waals surface area (Å²) >= 11 is 6.01. The van der Waals surface area contributed by atoms with Gasteiger partial charge in [0.1, 0.15) is 0 Å². The van der Waals surface area contributed by atoms with E-state index in [2.05, 4.69) is 15.3 Å². The number of carbonyl (C=O) groups excluding carboxylic acids is 1. The third-order valence-electron chi connectivity index (χ3n) is 6.83. The first-order chi connectivity index (χ1) is 17.1. The van der Waals surface area contributed by atoms with Gasteiger partial charge in [0.2, 0.25) is 25.0 Å². The molecule has 9 nitrogen and oxygen atoms in total. The van der Waals surface area contributed by atoms with Crippen LogP contribution in [0.3, 0.4) is 0 Å². The molecule has 2 aromatic rings. The van der Waals surface area contributed by atoms with E-state index in [-0.39, 0.29) is 27.7 Å². The van der Waals surface area contributed by atoms with Crippen LogP contribution < -0.4 is 5.32 Å². The van der Waals surface area contributed by atoms with Crippen molar-refractivity contribution in [2.24, 2.45) is 0 Å². The highest BCUT2D eigenvalue weighted by Gasteiger charge is 2.38. The minimum Gasteiger partial charge on any atom is -0.321 e. The highest BCUT2D eigenvalue weighted by molar-refractivity contribution is 7.90. The second kappa shape index (κ2) is 11.1. The fraction of sp³-hybridized carbons (Fsp3) is 0.542. The number of aromatic nitrogens is 2. The van der Waals surface area contributed by atoms with Crippen LogP contribution in [-0.2, 0) is 19.9 Å². The number of carbonyl (C=O) groups is 1. The molecule has 2 aliphatic carbocycles. The Hall–Kier alpha value is -2.08. The maximum absolute atomic E-state index is 13.8. The van der Waals surface area contributed by atoms with Crippen molar-refractivity contribution in [3.63, 3.8) is 0 Å². The highest BCUT2D eigenvalue weighted by atomic mass is 35.5. The molecule has 4 rings (SSSR count). The second-order valence-electron chi connectivity index (χ2n) is 9.52. The normalized spacial score (nSPS) is 18.3. The van der Waals surface area contributed by atoms with Crippen LogP contribution in [0, 0.1) is 0 Å². The number of hydrogen-bond donors (Lipinski definition) is 1. The van der Waals surface area contributed by atoms with Gasteiger partial charge in [-0.1, -0.05) is 50.1 Å². The Labute approximate surface area is 217 Å². The average Bonchev–Trinajstić information content (AvgIpc) is 2.85. The Balaban J connectivity index is 1.56. The lowest BCUT2D eigenvalue weighted by Gasteiger charge is -2.40. The molecule has 1 N–H and O–H groups in total. The summed E-state index contributed by atoms with van der Waals surface area (Å²) < 4.78 is 52.9. The fourth-order valence-corrected chi connectivity index (χ4v) is 7.68. The largest absolute Gasteiger partial charge is 0.321 e. The third-order valence-corrected chi connectivity index (χ3v) is 9.98. The Kier molecular flexibility index (Phi) is 8.33. The van der Waals surface area contributed by atoms with Crippen molar-refractivity contribution in [1.82, 2.24) is 14.3 Å². The molecule has 2 aliphatic rings. The van der Waals surface area contributed by atoms with Crippen LogP contribution in [0.15, 0.2) is 40.5 Å². The van der Waals surface area contributed by atoms with Crippen LogP contribution in [-0.4, -0.2) is 55.4 Å². The lowest BCUT2D eigenvalue weighted by molar-refractivity contribution is 0.102. The summed E-state index contributed by atoms with van der Waals surface area (Å²) in [5.74, 6) is -0.728. The van der Waals surface area contributed by atoms with E-state index in [0.29, 0.717) is 5.69 Å². The summed E-state index contributed by atoms with van der Waals surface area (Å²) in [5, 5.41) is 1.98. The van der Waals surface area contributed by atoms with Crippen molar-refractivity contribution in [3.05, 3.63) is 41.2 Å². The predicted molar refractivity (Wildman–Crippen MR) is 137 cm³/mol. The number of halogens is 1. The summed E-state index contributed by atoms with van der Waals surface area (Å²) in [5.41, 5.74) is 0.0426. The third kappa shape index (κ3) is 6.07. The number of benzene rings is 1. The molecule has 1 aromatic heterocycles. The fourth-order valence-electron chi connectivity index (χ4n) is 5.07. The average molecular weight is 555 g/mol. The molecule has 196 valence electrons. The maximum atomic E-state index is 13.8. The van der Waals surface area contributed by atoms with E-state index < -0.39 is 30.9 Å². The van der Waals surface area contributed by atoms with Crippen LogP contribution in [0.1, 0.15) is 74.7 Å². The van der Waals surface area contributed by atoms with E-state index in [0.717, 1.165) is 76.7 Å². The zero-order valence-corrected chi connectivity index (χ0v) is 22.6. The van der Waals surface area contributed by atoms with E-state index in [1.807, 2.05) is 0 Å². The number of nitrogens with zero attached hydrogens (tertiary/aromatic N) is 3. The number of anilines is 1. The lowest BCUT2D eigenvalue weighted by atomic mass is 9.91. The summed E-state index contributed by atoms with van der Waals surface area (Å²) in [7, 11) is -7.44. The van der Waals surface area contributed by atoms with Gasteiger partial charge in [0.05, 0.1) is 16.1 Å². The number of sulfone groups is 1. The molecular weight excluding hydrogens is 524 g/mol. The highest BCUT2D eigenvalue weighted by Crippen LogP contribution is 2.35. The number of hydrogen-bond acceptors (Lipinski definition) is 7. The molecule has 0 aliphatic heterocycles. The SMILES string of the molecule is CS(=O)(=O)c1ncc(Cl)c(C(=O)Nc2ccc(S(=O)(=O)N(C3CCCCC3)C3CCCCC3)cc2)n1. The van der Waals surface area contributed by atoms with E-state index in [1.165, 1.54) is 24.3 Å². The van der Waals surface area contributed by atoms with Gasteiger partial charge in [0.15, 0.2) is 5.69 Å². The lowest BCUT2D eigenvalue weighted by Crippen LogP contribution is -2.48. The van der Waals surface area contributed by atoms with Crippen molar-refractivity contribution in [3.8, 4) is 0 Å². The van der Waals surface area contributed by atoms with Crippen LogP contribution in [0.25, 0.3) is 0 Å². The van der Waals surface area contributed by atoms with Crippen LogP contribution >= 0.6 is 11.6 Å². The molecule has 1 amide bonds. The summed E-state index contributed by atoms with van der Waals surface area (Å²) in [6.07, 6.45) is 12.0. The number of sulfonamides is 1. The Bertz CT molecular complexity index is 1290. The van der Waals surface area contributed by atoms with Gasteiger partial charge < -0.3 is 5.32 Å². The molecule has 0 unspecified atom stereocenters. The van der Waals surface area contributed by atoms with Crippen molar-refractivity contribution in [2.45, 2.75) is 86.3 Å². The quantitative estimate of drug-likeness (QED) is 0.501.